The lowest BCUT2D eigenvalue weighted by Crippen LogP contribution is -2.13. The molecule has 0 spiro atoms. The first-order chi connectivity index (χ1) is 10.1. The van der Waals surface area contributed by atoms with Crippen molar-refractivity contribution >= 4 is 5.97 Å². The number of aromatic nitrogens is 3. The minimum absolute atomic E-state index is 0.0346. The number of hydrogen-bond donors (Lipinski definition) is 1. The number of nitrogens with zero attached hydrogens (tertiary/aromatic N) is 3. The molecule has 0 aliphatic rings. The Kier molecular flexibility index (Phi) is 4.92. The van der Waals surface area contributed by atoms with E-state index in [1.165, 1.54) is 0 Å². The number of aromatic carboxylic acids is 1. The average Bonchev–Trinajstić information content (AvgIpc) is 2.83. The van der Waals surface area contributed by atoms with Crippen LogP contribution in [0.15, 0.2) is 24.3 Å². The minimum Gasteiger partial charge on any atom is -0.492 e. The zero-order valence-electron chi connectivity index (χ0n) is 12.2. The van der Waals surface area contributed by atoms with E-state index in [0.717, 1.165) is 17.7 Å². The molecule has 0 radical (unpaired) electrons. The van der Waals surface area contributed by atoms with Crippen molar-refractivity contribution in [3.63, 3.8) is 0 Å². The van der Waals surface area contributed by atoms with Crippen LogP contribution in [0.25, 0.3) is 0 Å². The van der Waals surface area contributed by atoms with Crippen molar-refractivity contribution in [3.05, 3.63) is 41.2 Å². The maximum absolute atomic E-state index is 11.1. The lowest BCUT2D eigenvalue weighted by atomic mass is 10.2. The van der Waals surface area contributed by atoms with Crippen LogP contribution in [0.3, 0.4) is 0 Å². The number of hydrogen-bond acceptors (Lipinski definition) is 4. The van der Waals surface area contributed by atoms with E-state index in [1.54, 1.807) is 4.68 Å². The molecule has 0 saturated heterocycles. The van der Waals surface area contributed by atoms with Crippen molar-refractivity contribution in [2.75, 3.05) is 6.61 Å². The summed E-state index contributed by atoms with van der Waals surface area (Å²) in [6, 6.07) is 7.79. The van der Waals surface area contributed by atoms with E-state index >= 15 is 0 Å². The molecule has 21 heavy (non-hydrogen) atoms. The van der Waals surface area contributed by atoms with Gasteiger partial charge >= 0.3 is 5.97 Å². The van der Waals surface area contributed by atoms with Crippen molar-refractivity contribution < 1.29 is 14.6 Å². The van der Waals surface area contributed by atoms with Crippen LogP contribution in [0.1, 0.15) is 35.1 Å². The van der Waals surface area contributed by atoms with Gasteiger partial charge in [-0.1, -0.05) is 30.7 Å². The van der Waals surface area contributed by atoms with Crippen LogP contribution < -0.4 is 4.74 Å². The zero-order valence-corrected chi connectivity index (χ0v) is 12.2. The van der Waals surface area contributed by atoms with Gasteiger partial charge in [0.05, 0.1) is 12.2 Å². The fourth-order valence-corrected chi connectivity index (χ4v) is 2.12. The first-order valence-electron chi connectivity index (χ1n) is 6.97. The number of carboxylic acids is 1. The maximum Gasteiger partial charge on any atom is 0.358 e. The normalized spacial score (nSPS) is 10.6. The van der Waals surface area contributed by atoms with E-state index in [-0.39, 0.29) is 5.69 Å². The van der Waals surface area contributed by atoms with Crippen LogP contribution in [-0.4, -0.2) is 32.7 Å². The summed E-state index contributed by atoms with van der Waals surface area (Å²) in [4.78, 5) is 11.1. The maximum atomic E-state index is 11.1. The molecule has 0 atom stereocenters. The molecule has 1 aromatic heterocycles. The predicted octanol–water partition coefficient (Wildman–Crippen LogP) is 2.32. The molecule has 0 amide bonds. The lowest BCUT2D eigenvalue weighted by Gasteiger charge is -2.09. The molecule has 0 aliphatic heterocycles. The SMILES string of the molecule is CCCc1c(C(=O)O)nnn1CCOc1cccc(C)c1. The third kappa shape index (κ3) is 3.81. The van der Waals surface area contributed by atoms with Gasteiger partial charge in [0.1, 0.15) is 12.4 Å². The summed E-state index contributed by atoms with van der Waals surface area (Å²) < 4.78 is 7.27. The van der Waals surface area contributed by atoms with E-state index < -0.39 is 5.97 Å². The third-order valence-corrected chi connectivity index (χ3v) is 3.09. The van der Waals surface area contributed by atoms with Gasteiger partial charge in [-0.25, -0.2) is 9.48 Å². The molecule has 6 nitrogen and oxygen atoms in total. The Labute approximate surface area is 123 Å². The molecule has 0 fully saturated rings. The molecular formula is C15H19N3O3. The highest BCUT2D eigenvalue weighted by atomic mass is 16.5. The standard InChI is InChI=1S/C15H19N3O3/c1-3-5-13-14(15(19)20)16-17-18(13)8-9-21-12-7-4-6-11(2)10-12/h4,6-7,10H,3,5,8-9H2,1-2H3,(H,19,20). The highest BCUT2D eigenvalue weighted by Gasteiger charge is 2.17. The summed E-state index contributed by atoms with van der Waals surface area (Å²) in [7, 11) is 0. The van der Waals surface area contributed by atoms with Crippen molar-refractivity contribution in [1.29, 1.82) is 0 Å². The van der Waals surface area contributed by atoms with Crippen LogP contribution >= 0.6 is 0 Å². The molecule has 1 heterocycles. The second kappa shape index (κ2) is 6.88. The van der Waals surface area contributed by atoms with Gasteiger partial charge < -0.3 is 9.84 Å². The molecule has 0 saturated carbocycles. The third-order valence-electron chi connectivity index (χ3n) is 3.09. The lowest BCUT2D eigenvalue weighted by molar-refractivity contribution is 0.0689. The van der Waals surface area contributed by atoms with Crippen LogP contribution in [-0.2, 0) is 13.0 Å². The minimum atomic E-state index is -1.04. The topological polar surface area (TPSA) is 77.2 Å². The Hall–Kier alpha value is -2.37. The van der Waals surface area contributed by atoms with E-state index in [1.807, 2.05) is 38.1 Å². The highest BCUT2D eigenvalue weighted by molar-refractivity contribution is 5.86. The monoisotopic (exact) mass is 289 g/mol. The molecule has 2 rings (SSSR count). The van der Waals surface area contributed by atoms with Gasteiger partial charge in [0.15, 0.2) is 5.69 Å². The fraction of sp³-hybridized carbons (Fsp3) is 0.400. The Balaban J connectivity index is 2.01. The van der Waals surface area contributed by atoms with Crippen molar-refractivity contribution in [3.8, 4) is 5.75 Å². The van der Waals surface area contributed by atoms with E-state index in [2.05, 4.69) is 10.3 Å². The van der Waals surface area contributed by atoms with Crippen LogP contribution in [0.5, 0.6) is 5.75 Å². The molecule has 2 aromatic rings. The van der Waals surface area contributed by atoms with Gasteiger partial charge in [0, 0.05) is 0 Å². The number of rotatable bonds is 7. The van der Waals surface area contributed by atoms with Crippen molar-refractivity contribution in [2.24, 2.45) is 0 Å². The van der Waals surface area contributed by atoms with Gasteiger partial charge in [-0.3, -0.25) is 0 Å². The molecule has 6 heteroatoms. The smallest absolute Gasteiger partial charge is 0.358 e. The van der Waals surface area contributed by atoms with Gasteiger partial charge in [-0.15, -0.1) is 5.10 Å². The summed E-state index contributed by atoms with van der Waals surface area (Å²) in [5.41, 5.74) is 1.82. The molecule has 0 aliphatic carbocycles. The van der Waals surface area contributed by atoms with Crippen LogP contribution in [0.2, 0.25) is 0 Å². The Bertz CT molecular complexity index is 622. The first-order valence-corrected chi connectivity index (χ1v) is 6.97. The van der Waals surface area contributed by atoms with E-state index in [4.69, 9.17) is 9.84 Å². The number of carbonyl (C=O) groups is 1. The second-order valence-electron chi connectivity index (χ2n) is 4.83. The fourth-order valence-electron chi connectivity index (χ4n) is 2.12. The van der Waals surface area contributed by atoms with Gasteiger partial charge in [0.25, 0.3) is 0 Å². The summed E-state index contributed by atoms with van der Waals surface area (Å²) in [5, 5.41) is 16.7. The molecular weight excluding hydrogens is 270 g/mol. The Morgan fingerprint density at radius 1 is 1.43 bits per heavy atom. The zero-order chi connectivity index (χ0) is 15.2. The molecule has 1 N–H and O–H groups in total. The summed E-state index contributed by atoms with van der Waals surface area (Å²) in [6.07, 6.45) is 1.48. The van der Waals surface area contributed by atoms with Gasteiger partial charge in [-0.2, -0.15) is 0 Å². The number of benzene rings is 1. The number of ether oxygens (including phenoxy) is 1. The van der Waals surface area contributed by atoms with Crippen molar-refractivity contribution in [1.82, 2.24) is 15.0 Å². The second-order valence-corrected chi connectivity index (χ2v) is 4.83. The summed E-state index contributed by atoms with van der Waals surface area (Å²) >= 11 is 0. The Morgan fingerprint density at radius 2 is 2.24 bits per heavy atom. The highest BCUT2D eigenvalue weighted by Crippen LogP contribution is 2.13. The number of aryl methyl sites for hydroxylation is 1. The first kappa shape index (κ1) is 15.0. The molecule has 1 aromatic carbocycles. The molecule has 0 unspecified atom stereocenters. The largest absolute Gasteiger partial charge is 0.492 e. The summed E-state index contributed by atoms with van der Waals surface area (Å²) in [6.45, 7) is 4.89. The van der Waals surface area contributed by atoms with E-state index in [0.29, 0.717) is 25.3 Å². The van der Waals surface area contributed by atoms with E-state index in [9.17, 15) is 4.79 Å². The Morgan fingerprint density at radius 3 is 2.90 bits per heavy atom. The molecule has 112 valence electrons. The number of carboxylic acid groups (broad SMARTS) is 1. The quantitative estimate of drug-likeness (QED) is 0.846. The van der Waals surface area contributed by atoms with Crippen LogP contribution in [0, 0.1) is 6.92 Å². The predicted molar refractivity (Wildman–Crippen MR) is 77.7 cm³/mol. The van der Waals surface area contributed by atoms with Gasteiger partial charge in [-0.05, 0) is 31.0 Å². The van der Waals surface area contributed by atoms with Crippen molar-refractivity contribution in [2.45, 2.75) is 33.2 Å². The van der Waals surface area contributed by atoms with Crippen LogP contribution in [0.4, 0.5) is 0 Å². The average molecular weight is 289 g/mol. The molecule has 0 bridgehead atoms. The van der Waals surface area contributed by atoms with Gasteiger partial charge in [0.2, 0.25) is 0 Å². The summed E-state index contributed by atoms with van der Waals surface area (Å²) in [5.74, 6) is -0.241.